The highest BCUT2D eigenvalue weighted by atomic mass is 16.3. The molecule has 102 valence electrons. The molecule has 0 bridgehead atoms. The summed E-state index contributed by atoms with van der Waals surface area (Å²) in [5, 5.41) is 17.9. The first-order valence-electron chi connectivity index (χ1n) is 6.99. The summed E-state index contributed by atoms with van der Waals surface area (Å²) in [5.74, 6) is 0. The smallest absolute Gasteiger partial charge is 0.0799 e. The van der Waals surface area contributed by atoms with E-state index in [9.17, 15) is 0 Å². The standard InChI is InChI=1S/C6H12O2.2C3H8.C2H6/c7-5-3-1-2-4-6(5)8;2*1-3-2;1-2/h5-8H,1-4H2;2*3H2,1-2H3;1-2H3. The summed E-state index contributed by atoms with van der Waals surface area (Å²) >= 11 is 0. The Balaban J connectivity index is -0.000000179. The molecule has 1 fully saturated rings. The molecular formula is C14H34O2. The van der Waals surface area contributed by atoms with Crippen LogP contribution in [0, 0.1) is 0 Å². The number of hydrogen-bond donors (Lipinski definition) is 2. The maximum absolute atomic E-state index is 8.93. The second kappa shape index (κ2) is 20.3. The Labute approximate surface area is 103 Å². The molecule has 1 aliphatic carbocycles. The molecule has 2 heteroatoms. The number of aliphatic hydroxyl groups is 2. The molecule has 0 aromatic carbocycles. The highest BCUT2D eigenvalue weighted by Crippen LogP contribution is 2.17. The van der Waals surface area contributed by atoms with Crippen LogP contribution in [0.3, 0.4) is 0 Å². The molecule has 0 amide bonds. The second-order valence-corrected chi connectivity index (χ2v) is 3.83. The molecule has 0 radical (unpaired) electrons. The Morgan fingerprint density at radius 3 is 1.06 bits per heavy atom. The van der Waals surface area contributed by atoms with Crippen LogP contribution in [0.4, 0.5) is 0 Å². The fourth-order valence-electron chi connectivity index (χ4n) is 1.09. The SMILES string of the molecule is CC.CCC.CCC.OC1CCCCC1O. The molecule has 16 heavy (non-hydrogen) atoms. The minimum Gasteiger partial charge on any atom is -0.390 e. The quantitative estimate of drug-likeness (QED) is 0.661. The molecule has 2 unspecified atom stereocenters. The Morgan fingerprint density at radius 1 is 0.750 bits per heavy atom. The van der Waals surface area contributed by atoms with Crippen molar-refractivity contribution in [1.82, 2.24) is 0 Å². The zero-order valence-corrected chi connectivity index (χ0v) is 12.3. The summed E-state index contributed by atoms with van der Waals surface area (Å²) in [6.07, 6.45) is 5.31. The predicted molar refractivity (Wildman–Crippen MR) is 73.8 cm³/mol. The van der Waals surface area contributed by atoms with Crippen LogP contribution in [0.5, 0.6) is 0 Å². The van der Waals surface area contributed by atoms with Gasteiger partial charge in [0.15, 0.2) is 0 Å². The molecule has 0 aliphatic heterocycles. The zero-order chi connectivity index (χ0) is 13.4. The van der Waals surface area contributed by atoms with E-state index in [2.05, 4.69) is 27.7 Å². The molecule has 1 aliphatic rings. The lowest BCUT2D eigenvalue weighted by molar-refractivity contribution is -0.00865. The van der Waals surface area contributed by atoms with Gasteiger partial charge in [-0.25, -0.2) is 0 Å². The molecule has 1 rings (SSSR count). The van der Waals surface area contributed by atoms with Gasteiger partial charge in [-0.15, -0.1) is 0 Å². The number of rotatable bonds is 0. The largest absolute Gasteiger partial charge is 0.390 e. The van der Waals surface area contributed by atoms with Gasteiger partial charge < -0.3 is 10.2 Å². The Bertz CT molecular complexity index is 82.7. The number of hydrogen-bond acceptors (Lipinski definition) is 2. The van der Waals surface area contributed by atoms with Crippen LogP contribution in [-0.2, 0) is 0 Å². The van der Waals surface area contributed by atoms with E-state index in [-0.39, 0.29) is 0 Å². The lowest BCUT2D eigenvalue weighted by Gasteiger charge is -2.22. The summed E-state index contributed by atoms with van der Waals surface area (Å²) < 4.78 is 0. The summed E-state index contributed by atoms with van der Waals surface area (Å²) in [4.78, 5) is 0. The first kappa shape index (κ1) is 21.2. The van der Waals surface area contributed by atoms with Crippen molar-refractivity contribution in [3.8, 4) is 0 Å². The van der Waals surface area contributed by atoms with Gasteiger partial charge in [0.05, 0.1) is 12.2 Å². The average molecular weight is 234 g/mol. The molecule has 2 atom stereocenters. The van der Waals surface area contributed by atoms with Crippen molar-refractivity contribution in [1.29, 1.82) is 0 Å². The lowest BCUT2D eigenvalue weighted by Crippen LogP contribution is -2.28. The molecule has 0 spiro atoms. The van der Waals surface area contributed by atoms with Gasteiger partial charge in [0, 0.05) is 0 Å². The highest BCUT2D eigenvalue weighted by Gasteiger charge is 2.19. The molecule has 2 nitrogen and oxygen atoms in total. The Morgan fingerprint density at radius 2 is 0.938 bits per heavy atom. The first-order chi connectivity index (χ1) is 7.63. The van der Waals surface area contributed by atoms with E-state index in [0.29, 0.717) is 0 Å². The third kappa shape index (κ3) is 19.5. The maximum atomic E-state index is 8.93. The summed E-state index contributed by atoms with van der Waals surface area (Å²) in [5.41, 5.74) is 0. The van der Waals surface area contributed by atoms with Gasteiger partial charge >= 0.3 is 0 Å². The van der Waals surface area contributed by atoms with Crippen molar-refractivity contribution in [2.45, 2.75) is 92.3 Å². The van der Waals surface area contributed by atoms with Crippen molar-refractivity contribution >= 4 is 0 Å². The van der Waals surface area contributed by atoms with E-state index < -0.39 is 12.2 Å². The van der Waals surface area contributed by atoms with Gasteiger partial charge in [0.1, 0.15) is 0 Å². The third-order valence-electron chi connectivity index (χ3n) is 1.69. The first-order valence-corrected chi connectivity index (χ1v) is 6.99. The Hall–Kier alpha value is -0.0800. The van der Waals surface area contributed by atoms with Crippen molar-refractivity contribution in [3.63, 3.8) is 0 Å². The van der Waals surface area contributed by atoms with Crippen molar-refractivity contribution in [2.75, 3.05) is 0 Å². The summed E-state index contributed by atoms with van der Waals surface area (Å²) in [7, 11) is 0. The summed E-state index contributed by atoms with van der Waals surface area (Å²) in [6.45, 7) is 12.5. The highest BCUT2D eigenvalue weighted by molar-refractivity contribution is 4.72. The van der Waals surface area contributed by atoms with Gasteiger partial charge in [-0.1, -0.05) is 67.2 Å². The molecule has 2 N–H and O–H groups in total. The van der Waals surface area contributed by atoms with Crippen LogP contribution in [0.2, 0.25) is 0 Å². The van der Waals surface area contributed by atoms with Gasteiger partial charge in [-0.3, -0.25) is 0 Å². The van der Waals surface area contributed by atoms with E-state index in [0.717, 1.165) is 25.7 Å². The van der Waals surface area contributed by atoms with E-state index >= 15 is 0 Å². The van der Waals surface area contributed by atoms with Crippen molar-refractivity contribution < 1.29 is 10.2 Å². The van der Waals surface area contributed by atoms with Gasteiger partial charge in [0.25, 0.3) is 0 Å². The lowest BCUT2D eigenvalue weighted by atomic mass is 9.95. The molecule has 0 aromatic heterocycles. The fraction of sp³-hybridized carbons (Fsp3) is 1.00. The second-order valence-electron chi connectivity index (χ2n) is 3.83. The fourth-order valence-corrected chi connectivity index (χ4v) is 1.09. The van der Waals surface area contributed by atoms with E-state index in [1.165, 1.54) is 12.8 Å². The van der Waals surface area contributed by atoms with E-state index in [1.807, 2.05) is 13.8 Å². The van der Waals surface area contributed by atoms with Crippen LogP contribution in [0.15, 0.2) is 0 Å². The van der Waals surface area contributed by atoms with Gasteiger partial charge in [-0.2, -0.15) is 0 Å². The average Bonchev–Trinajstić information content (AvgIpc) is 2.28. The van der Waals surface area contributed by atoms with Gasteiger partial charge in [-0.05, 0) is 12.8 Å². The normalized spacial score (nSPS) is 22.5. The molecule has 1 saturated carbocycles. The predicted octanol–water partition coefficient (Wildman–Crippen LogP) is 4.14. The van der Waals surface area contributed by atoms with Crippen LogP contribution in [0.1, 0.15) is 80.1 Å². The van der Waals surface area contributed by atoms with Crippen LogP contribution in [-0.4, -0.2) is 22.4 Å². The van der Waals surface area contributed by atoms with Crippen LogP contribution >= 0.6 is 0 Å². The Kier molecular flexibility index (Phi) is 27.0. The van der Waals surface area contributed by atoms with Crippen molar-refractivity contribution in [2.24, 2.45) is 0 Å². The minimum absolute atomic E-state index is 0.441. The third-order valence-corrected chi connectivity index (χ3v) is 1.69. The molecule has 0 saturated heterocycles. The van der Waals surface area contributed by atoms with Crippen molar-refractivity contribution in [3.05, 3.63) is 0 Å². The monoisotopic (exact) mass is 234 g/mol. The van der Waals surface area contributed by atoms with Crippen LogP contribution in [0.25, 0.3) is 0 Å². The minimum atomic E-state index is -0.441. The zero-order valence-electron chi connectivity index (χ0n) is 12.3. The van der Waals surface area contributed by atoms with Gasteiger partial charge in [0.2, 0.25) is 0 Å². The molecular weight excluding hydrogens is 200 g/mol. The van der Waals surface area contributed by atoms with Crippen LogP contribution < -0.4 is 0 Å². The molecule has 0 heterocycles. The van der Waals surface area contributed by atoms with E-state index in [1.54, 1.807) is 0 Å². The van der Waals surface area contributed by atoms with E-state index in [4.69, 9.17) is 10.2 Å². The molecule has 0 aromatic rings. The maximum Gasteiger partial charge on any atom is 0.0799 e. The number of aliphatic hydroxyl groups excluding tert-OH is 2. The topological polar surface area (TPSA) is 40.5 Å². The summed E-state index contributed by atoms with van der Waals surface area (Å²) in [6, 6.07) is 0.